The number of hydrogen-bond donors (Lipinski definition) is 0. The van der Waals surface area contributed by atoms with E-state index in [-0.39, 0.29) is 11.3 Å². The highest BCUT2D eigenvalue weighted by molar-refractivity contribution is 6.01. The molecule has 1 atom stereocenters. The van der Waals surface area contributed by atoms with Gasteiger partial charge >= 0.3 is 0 Å². The molecule has 1 nitrogen and oxygen atoms in total. The summed E-state index contributed by atoms with van der Waals surface area (Å²) in [5.41, 5.74) is 3.43. The molecule has 0 bridgehead atoms. The van der Waals surface area contributed by atoms with Crippen molar-refractivity contribution in [2.24, 2.45) is 11.3 Å². The average molecular weight is 202 g/mol. The van der Waals surface area contributed by atoms with Crippen molar-refractivity contribution in [2.45, 2.75) is 34.1 Å². The first-order valence-corrected chi connectivity index (χ1v) is 5.53. The Bertz CT molecular complexity index is 415. The van der Waals surface area contributed by atoms with Gasteiger partial charge in [0, 0.05) is 11.5 Å². The molecule has 0 aromatic heterocycles. The monoisotopic (exact) mass is 202 g/mol. The van der Waals surface area contributed by atoms with Crippen LogP contribution in [0.4, 0.5) is 0 Å². The van der Waals surface area contributed by atoms with Crippen LogP contribution in [0.5, 0.6) is 0 Å². The molecular weight excluding hydrogens is 184 g/mol. The van der Waals surface area contributed by atoms with Gasteiger partial charge in [-0.1, -0.05) is 31.5 Å². The van der Waals surface area contributed by atoms with Crippen molar-refractivity contribution in [1.82, 2.24) is 0 Å². The van der Waals surface area contributed by atoms with Gasteiger partial charge < -0.3 is 0 Å². The number of hydrogen-bond acceptors (Lipinski definition) is 1. The van der Waals surface area contributed by atoms with Crippen molar-refractivity contribution in [1.29, 1.82) is 0 Å². The third-order valence-corrected chi connectivity index (χ3v) is 3.49. The first-order valence-electron chi connectivity index (χ1n) is 5.53. The van der Waals surface area contributed by atoms with Gasteiger partial charge in [-0.15, -0.1) is 0 Å². The molecule has 1 aromatic rings. The first-order chi connectivity index (χ1) is 6.92. The average Bonchev–Trinajstić information content (AvgIpc) is 2.78. The van der Waals surface area contributed by atoms with Gasteiger partial charge in [-0.2, -0.15) is 0 Å². The molecule has 0 heterocycles. The summed E-state index contributed by atoms with van der Waals surface area (Å²) >= 11 is 0. The molecule has 0 aliphatic heterocycles. The van der Waals surface area contributed by atoms with E-state index in [1.165, 1.54) is 5.56 Å². The molecule has 0 amide bonds. The van der Waals surface area contributed by atoms with Crippen molar-refractivity contribution < 1.29 is 4.79 Å². The first kappa shape index (κ1) is 10.4. The number of rotatable bonds is 2. The maximum atomic E-state index is 12.2. The van der Waals surface area contributed by atoms with Gasteiger partial charge in [-0.3, -0.25) is 4.79 Å². The lowest BCUT2D eigenvalue weighted by molar-refractivity contribution is 0.0952. The molecule has 1 aliphatic rings. The van der Waals surface area contributed by atoms with E-state index in [4.69, 9.17) is 0 Å². The number of Topliss-reactive ketones (excluding diaryl/α,β-unsaturated/α-hetero) is 1. The molecule has 1 aliphatic carbocycles. The molecule has 0 radical (unpaired) electrons. The summed E-state index contributed by atoms with van der Waals surface area (Å²) in [6.07, 6.45) is 1.04. The fourth-order valence-electron chi connectivity index (χ4n) is 2.10. The van der Waals surface area contributed by atoms with Crippen molar-refractivity contribution in [3.8, 4) is 0 Å². The minimum Gasteiger partial charge on any atom is -0.294 e. The summed E-state index contributed by atoms with van der Waals surface area (Å²) in [4.78, 5) is 12.2. The summed E-state index contributed by atoms with van der Waals surface area (Å²) in [5.74, 6) is 0.583. The molecule has 1 fully saturated rings. The third-order valence-electron chi connectivity index (χ3n) is 3.49. The molecule has 0 spiro atoms. The summed E-state index contributed by atoms with van der Waals surface area (Å²) < 4.78 is 0. The third kappa shape index (κ3) is 1.83. The van der Waals surface area contributed by atoms with Crippen molar-refractivity contribution in [3.05, 3.63) is 34.9 Å². The van der Waals surface area contributed by atoms with E-state index >= 15 is 0 Å². The number of benzene rings is 1. The van der Waals surface area contributed by atoms with Gasteiger partial charge in [0.2, 0.25) is 0 Å². The Morgan fingerprint density at radius 3 is 2.47 bits per heavy atom. The van der Waals surface area contributed by atoms with Gasteiger partial charge in [-0.25, -0.2) is 0 Å². The van der Waals surface area contributed by atoms with Crippen LogP contribution in [0.25, 0.3) is 0 Å². The molecule has 0 saturated heterocycles. The van der Waals surface area contributed by atoms with Gasteiger partial charge in [0.05, 0.1) is 0 Å². The summed E-state index contributed by atoms with van der Waals surface area (Å²) in [6, 6.07) is 6.12. The Morgan fingerprint density at radius 1 is 1.33 bits per heavy atom. The van der Waals surface area contributed by atoms with Crippen molar-refractivity contribution in [3.63, 3.8) is 0 Å². The van der Waals surface area contributed by atoms with E-state index in [0.29, 0.717) is 5.78 Å². The van der Waals surface area contributed by atoms with Crippen LogP contribution in [0.3, 0.4) is 0 Å². The molecule has 1 heteroatoms. The number of carbonyl (C=O) groups excluding carboxylic acids is 1. The standard InChI is InChI=1S/C14H18O/c1-9-5-6-10(2)11(7-9)13(15)12-8-14(12,3)4/h5-7,12H,8H2,1-4H3. The van der Waals surface area contributed by atoms with E-state index in [2.05, 4.69) is 19.9 Å². The Hall–Kier alpha value is -1.11. The molecule has 0 N–H and O–H groups in total. The Labute approximate surface area is 91.5 Å². The van der Waals surface area contributed by atoms with Crippen LogP contribution >= 0.6 is 0 Å². The Kier molecular flexibility index (Phi) is 2.22. The number of carbonyl (C=O) groups is 1. The van der Waals surface area contributed by atoms with Crippen LogP contribution < -0.4 is 0 Å². The highest BCUT2D eigenvalue weighted by Crippen LogP contribution is 2.53. The van der Waals surface area contributed by atoms with E-state index in [0.717, 1.165) is 17.5 Å². The normalized spacial score (nSPS) is 22.5. The smallest absolute Gasteiger partial charge is 0.166 e. The van der Waals surface area contributed by atoms with E-state index < -0.39 is 0 Å². The Balaban J connectivity index is 2.30. The van der Waals surface area contributed by atoms with Crippen molar-refractivity contribution in [2.75, 3.05) is 0 Å². The maximum absolute atomic E-state index is 12.2. The van der Waals surface area contributed by atoms with E-state index in [1.54, 1.807) is 0 Å². The largest absolute Gasteiger partial charge is 0.294 e. The summed E-state index contributed by atoms with van der Waals surface area (Å²) in [5, 5.41) is 0. The summed E-state index contributed by atoms with van der Waals surface area (Å²) in [6.45, 7) is 8.39. The van der Waals surface area contributed by atoms with Gasteiger partial charge in [0.25, 0.3) is 0 Å². The molecule has 2 rings (SSSR count). The lowest BCUT2D eigenvalue weighted by atomic mass is 9.96. The molecule has 1 aromatic carbocycles. The molecule has 15 heavy (non-hydrogen) atoms. The Morgan fingerprint density at radius 2 is 1.93 bits per heavy atom. The van der Waals surface area contributed by atoms with Gasteiger partial charge in [0.15, 0.2) is 5.78 Å². The van der Waals surface area contributed by atoms with Crippen LogP contribution in [0.15, 0.2) is 18.2 Å². The van der Waals surface area contributed by atoms with Crippen LogP contribution in [0, 0.1) is 25.2 Å². The second-order valence-corrected chi connectivity index (χ2v) is 5.43. The van der Waals surface area contributed by atoms with Crippen LogP contribution in [0.1, 0.15) is 41.8 Å². The zero-order valence-corrected chi connectivity index (χ0v) is 9.92. The fraction of sp³-hybridized carbons (Fsp3) is 0.500. The van der Waals surface area contributed by atoms with Crippen LogP contribution in [-0.2, 0) is 0 Å². The lowest BCUT2D eigenvalue weighted by Crippen LogP contribution is -2.08. The zero-order chi connectivity index (χ0) is 11.2. The predicted octanol–water partition coefficient (Wildman–Crippen LogP) is 3.53. The summed E-state index contributed by atoms with van der Waals surface area (Å²) in [7, 11) is 0. The lowest BCUT2D eigenvalue weighted by Gasteiger charge is -2.07. The molecular formula is C14H18O. The number of aryl methyl sites for hydroxylation is 2. The van der Waals surface area contributed by atoms with Crippen LogP contribution in [-0.4, -0.2) is 5.78 Å². The molecule has 1 saturated carbocycles. The van der Waals surface area contributed by atoms with Gasteiger partial charge in [-0.05, 0) is 37.3 Å². The minimum atomic E-state index is 0.229. The number of ketones is 1. The zero-order valence-electron chi connectivity index (χ0n) is 9.92. The fourth-order valence-corrected chi connectivity index (χ4v) is 2.10. The van der Waals surface area contributed by atoms with E-state index in [9.17, 15) is 4.79 Å². The second-order valence-electron chi connectivity index (χ2n) is 5.43. The second kappa shape index (κ2) is 3.19. The molecule has 80 valence electrons. The van der Waals surface area contributed by atoms with Crippen molar-refractivity contribution >= 4 is 5.78 Å². The minimum absolute atomic E-state index is 0.229. The van der Waals surface area contributed by atoms with Crippen LogP contribution in [0.2, 0.25) is 0 Å². The SMILES string of the molecule is Cc1ccc(C)c(C(=O)C2CC2(C)C)c1. The highest BCUT2D eigenvalue weighted by Gasteiger charge is 2.50. The van der Waals surface area contributed by atoms with Gasteiger partial charge in [0.1, 0.15) is 0 Å². The maximum Gasteiger partial charge on any atom is 0.166 e. The predicted molar refractivity (Wildman–Crippen MR) is 62.1 cm³/mol. The van der Waals surface area contributed by atoms with E-state index in [1.807, 2.05) is 26.0 Å². The topological polar surface area (TPSA) is 17.1 Å². The molecule has 1 unspecified atom stereocenters. The highest BCUT2D eigenvalue weighted by atomic mass is 16.1. The quantitative estimate of drug-likeness (QED) is 0.670.